The van der Waals surface area contributed by atoms with Crippen LogP contribution in [-0.4, -0.2) is 6.54 Å². The Balaban J connectivity index is 0.00000200. The van der Waals surface area contributed by atoms with E-state index in [-0.39, 0.29) is 12.4 Å². The summed E-state index contributed by atoms with van der Waals surface area (Å²) in [6.45, 7) is 3.37. The first kappa shape index (κ1) is 17.3. The normalized spacial score (nSPS) is 9.95. The minimum atomic E-state index is 0. The van der Waals surface area contributed by atoms with Crippen LogP contribution in [0.1, 0.15) is 16.7 Å². The van der Waals surface area contributed by atoms with Gasteiger partial charge in [0.05, 0.1) is 3.57 Å². The first-order valence-corrected chi connectivity index (χ1v) is 7.44. The summed E-state index contributed by atoms with van der Waals surface area (Å²) in [6, 6.07) is 14.7. The number of hydrogen-bond donors (Lipinski definition) is 1. The maximum absolute atomic E-state index is 5.86. The summed E-state index contributed by atoms with van der Waals surface area (Å²) in [5, 5.41) is 0. The summed E-state index contributed by atoms with van der Waals surface area (Å²) in [5.41, 5.74) is 9.28. The van der Waals surface area contributed by atoms with Crippen molar-refractivity contribution in [3.63, 3.8) is 0 Å². The summed E-state index contributed by atoms with van der Waals surface area (Å²) in [7, 11) is 0. The van der Waals surface area contributed by atoms with E-state index in [1.54, 1.807) is 0 Å². The molecular formula is C16H19ClINO. The molecule has 0 aromatic heterocycles. The monoisotopic (exact) mass is 403 g/mol. The first-order valence-electron chi connectivity index (χ1n) is 6.36. The van der Waals surface area contributed by atoms with E-state index in [1.807, 2.05) is 6.07 Å². The van der Waals surface area contributed by atoms with Crippen molar-refractivity contribution >= 4 is 35.0 Å². The third-order valence-corrected chi connectivity index (χ3v) is 3.79. The Bertz CT molecular complexity index is 543. The van der Waals surface area contributed by atoms with Crippen LogP contribution in [0.25, 0.3) is 0 Å². The van der Waals surface area contributed by atoms with Crippen LogP contribution in [-0.2, 0) is 13.0 Å². The molecule has 2 rings (SSSR count). The number of hydrogen-bond acceptors (Lipinski definition) is 2. The van der Waals surface area contributed by atoms with Crippen LogP contribution in [0.5, 0.6) is 5.75 Å². The second-order valence-electron chi connectivity index (χ2n) is 4.58. The fourth-order valence-corrected chi connectivity index (χ4v) is 2.56. The molecule has 0 radical (unpaired) electrons. The van der Waals surface area contributed by atoms with Crippen LogP contribution in [0.15, 0.2) is 42.5 Å². The zero-order chi connectivity index (χ0) is 13.7. The molecule has 0 saturated carbocycles. The van der Waals surface area contributed by atoms with Gasteiger partial charge in [-0.25, -0.2) is 0 Å². The highest BCUT2D eigenvalue weighted by atomic mass is 127. The van der Waals surface area contributed by atoms with Gasteiger partial charge in [0, 0.05) is 0 Å². The molecule has 0 unspecified atom stereocenters. The lowest BCUT2D eigenvalue weighted by atomic mass is 10.1. The summed E-state index contributed by atoms with van der Waals surface area (Å²) in [5.74, 6) is 0.932. The fourth-order valence-electron chi connectivity index (χ4n) is 1.83. The molecule has 2 aromatic rings. The van der Waals surface area contributed by atoms with Crippen molar-refractivity contribution in [2.45, 2.75) is 20.0 Å². The van der Waals surface area contributed by atoms with Gasteiger partial charge in [0.2, 0.25) is 0 Å². The molecule has 0 saturated heterocycles. The van der Waals surface area contributed by atoms with E-state index in [0.717, 1.165) is 15.7 Å². The summed E-state index contributed by atoms with van der Waals surface area (Å²) < 4.78 is 6.99. The molecule has 2 nitrogen and oxygen atoms in total. The van der Waals surface area contributed by atoms with E-state index in [4.69, 9.17) is 10.5 Å². The molecule has 0 aliphatic carbocycles. The lowest BCUT2D eigenvalue weighted by molar-refractivity contribution is 0.304. The average molecular weight is 404 g/mol. The Morgan fingerprint density at radius 2 is 1.70 bits per heavy atom. The molecule has 0 aliphatic heterocycles. The van der Waals surface area contributed by atoms with Crippen molar-refractivity contribution in [3.05, 3.63) is 62.7 Å². The standard InChI is InChI=1S/C16H18INO.ClH/c1-12-2-4-14(5-3-12)11-19-16-7-6-13(8-9-18)10-15(16)17;/h2-7,10H,8-9,11,18H2,1H3;1H. The van der Waals surface area contributed by atoms with Gasteiger partial charge in [-0.3, -0.25) is 0 Å². The Labute approximate surface area is 140 Å². The number of nitrogens with two attached hydrogens (primary N) is 1. The zero-order valence-electron chi connectivity index (χ0n) is 11.4. The lowest BCUT2D eigenvalue weighted by Gasteiger charge is -2.10. The highest BCUT2D eigenvalue weighted by molar-refractivity contribution is 14.1. The smallest absolute Gasteiger partial charge is 0.133 e. The molecule has 0 aliphatic rings. The van der Waals surface area contributed by atoms with Gasteiger partial charge in [-0.1, -0.05) is 35.9 Å². The first-order chi connectivity index (χ1) is 9.19. The summed E-state index contributed by atoms with van der Waals surface area (Å²) in [4.78, 5) is 0. The third-order valence-electron chi connectivity index (χ3n) is 2.94. The quantitative estimate of drug-likeness (QED) is 0.763. The summed E-state index contributed by atoms with van der Waals surface area (Å²) >= 11 is 2.31. The van der Waals surface area contributed by atoms with E-state index >= 15 is 0 Å². The third kappa shape index (κ3) is 4.96. The molecule has 20 heavy (non-hydrogen) atoms. The van der Waals surface area contributed by atoms with Crippen LogP contribution in [0, 0.1) is 10.5 Å². The van der Waals surface area contributed by atoms with Gasteiger partial charge in [-0.2, -0.15) is 0 Å². The molecule has 0 heterocycles. The Morgan fingerprint density at radius 3 is 2.30 bits per heavy atom. The fraction of sp³-hybridized carbons (Fsp3) is 0.250. The Morgan fingerprint density at radius 1 is 1.05 bits per heavy atom. The zero-order valence-corrected chi connectivity index (χ0v) is 14.4. The number of benzene rings is 2. The number of rotatable bonds is 5. The molecule has 0 fully saturated rings. The van der Waals surface area contributed by atoms with Crippen LogP contribution in [0.2, 0.25) is 0 Å². The van der Waals surface area contributed by atoms with E-state index in [9.17, 15) is 0 Å². The molecule has 0 atom stereocenters. The Kier molecular flexibility index (Phi) is 7.34. The minimum absolute atomic E-state index is 0. The molecule has 2 N–H and O–H groups in total. The second kappa shape index (κ2) is 8.49. The molecule has 2 aromatic carbocycles. The van der Waals surface area contributed by atoms with Crippen molar-refractivity contribution in [1.29, 1.82) is 0 Å². The molecule has 0 amide bonds. The molecule has 0 bridgehead atoms. The topological polar surface area (TPSA) is 35.2 Å². The SMILES string of the molecule is Cc1ccc(COc2ccc(CCN)cc2I)cc1.Cl. The van der Waals surface area contributed by atoms with E-state index in [0.29, 0.717) is 13.2 Å². The average Bonchev–Trinajstić information content (AvgIpc) is 2.40. The maximum atomic E-state index is 5.86. The van der Waals surface area contributed by atoms with Crippen LogP contribution in [0.3, 0.4) is 0 Å². The molecule has 4 heteroatoms. The largest absolute Gasteiger partial charge is 0.488 e. The predicted octanol–water partition coefficient (Wildman–Crippen LogP) is 4.10. The van der Waals surface area contributed by atoms with E-state index in [2.05, 4.69) is 65.9 Å². The van der Waals surface area contributed by atoms with Crippen LogP contribution in [0.4, 0.5) is 0 Å². The summed E-state index contributed by atoms with van der Waals surface area (Å²) in [6.07, 6.45) is 0.911. The van der Waals surface area contributed by atoms with E-state index < -0.39 is 0 Å². The van der Waals surface area contributed by atoms with Crippen molar-refractivity contribution < 1.29 is 4.74 Å². The van der Waals surface area contributed by atoms with Gasteiger partial charge in [0.15, 0.2) is 0 Å². The van der Waals surface area contributed by atoms with Gasteiger partial charge < -0.3 is 10.5 Å². The van der Waals surface area contributed by atoms with E-state index in [1.165, 1.54) is 16.7 Å². The molecule has 108 valence electrons. The number of halogens is 2. The van der Waals surface area contributed by atoms with Crippen molar-refractivity contribution in [2.75, 3.05) is 6.54 Å². The molecule has 0 spiro atoms. The van der Waals surface area contributed by atoms with Gasteiger partial charge in [-0.15, -0.1) is 12.4 Å². The highest BCUT2D eigenvalue weighted by Gasteiger charge is 2.03. The van der Waals surface area contributed by atoms with Gasteiger partial charge in [0.25, 0.3) is 0 Å². The van der Waals surface area contributed by atoms with Gasteiger partial charge in [-0.05, 0) is 65.7 Å². The van der Waals surface area contributed by atoms with Crippen LogP contribution >= 0.6 is 35.0 Å². The van der Waals surface area contributed by atoms with Crippen LogP contribution < -0.4 is 10.5 Å². The lowest BCUT2D eigenvalue weighted by Crippen LogP contribution is -2.03. The predicted molar refractivity (Wildman–Crippen MR) is 94.7 cm³/mol. The van der Waals surface area contributed by atoms with Crippen molar-refractivity contribution in [3.8, 4) is 5.75 Å². The highest BCUT2D eigenvalue weighted by Crippen LogP contribution is 2.23. The van der Waals surface area contributed by atoms with Gasteiger partial charge >= 0.3 is 0 Å². The van der Waals surface area contributed by atoms with Crippen molar-refractivity contribution in [1.82, 2.24) is 0 Å². The minimum Gasteiger partial charge on any atom is -0.488 e. The second-order valence-corrected chi connectivity index (χ2v) is 5.74. The number of ether oxygens (including phenoxy) is 1. The van der Waals surface area contributed by atoms with Crippen molar-refractivity contribution in [2.24, 2.45) is 5.73 Å². The number of aryl methyl sites for hydroxylation is 1. The Hall–Kier alpha value is -0.780. The van der Waals surface area contributed by atoms with Gasteiger partial charge in [0.1, 0.15) is 12.4 Å². The maximum Gasteiger partial charge on any atom is 0.133 e. The molecular weight excluding hydrogens is 385 g/mol.